The van der Waals surface area contributed by atoms with Crippen LogP contribution in [-0.4, -0.2) is 12.5 Å². The van der Waals surface area contributed by atoms with Crippen LogP contribution in [0.1, 0.15) is 53.4 Å². The van der Waals surface area contributed by atoms with E-state index in [0.717, 1.165) is 31.7 Å². The van der Waals surface area contributed by atoms with Crippen LogP contribution < -0.4 is 4.90 Å². The molecule has 0 saturated heterocycles. The molecule has 0 fully saturated rings. The molecule has 5 heteroatoms. The molecule has 120 valence electrons. The second-order valence-electron chi connectivity index (χ2n) is 5.95. The summed E-state index contributed by atoms with van der Waals surface area (Å²) in [6.07, 6.45) is 3.26. The fourth-order valence-electron chi connectivity index (χ4n) is 2.39. The molecular formula is C17H24F2NOTi+. The first-order chi connectivity index (χ1) is 9.83. The van der Waals surface area contributed by atoms with Gasteiger partial charge in [-0.05, 0) is 18.5 Å². The van der Waals surface area contributed by atoms with Gasteiger partial charge < -0.3 is 4.90 Å². The van der Waals surface area contributed by atoms with Crippen LogP contribution in [-0.2, 0) is 26.5 Å². The number of benzene rings is 1. The SMILES string of the molecule is CCCCN(C(=O)C(C)(C)CCC)c1ccc(F)[c-]c1F.[Ti+2]. The Hall–Kier alpha value is -0.736. The number of rotatable bonds is 7. The first-order valence-electron chi connectivity index (χ1n) is 7.52. The van der Waals surface area contributed by atoms with Crippen LogP contribution >= 0.6 is 0 Å². The Kier molecular flexibility index (Phi) is 9.10. The molecule has 1 aromatic rings. The van der Waals surface area contributed by atoms with Gasteiger partial charge in [-0.3, -0.25) is 4.79 Å². The van der Waals surface area contributed by atoms with Gasteiger partial charge in [-0.25, -0.2) is 8.78 Å². The van der Waals surface area contributed by atoms with Crippen LogP contribution in [0.15, 0.2) is 12.1 Å². The number of hydrogen-bond acceptors (Lipinski definition) is 1. The summed E-state index contributed by atoms with van der Waals surface area (Å²) in [5, 5.41) is 0. The van der Waals surface area contributed by atoms with Gasteiger partial charge in [0.15, 0.2) is 0 Å². The first kappa shape index (κ1) is 21.3. The molecule has 0 atom stereocenters. The van der Waals surface area contributed by atoms with E-state index < -0.39 is 17.0 Å². The van der Waals surface area contributed by atoms with Crippen molar-refractivity contribution < 1.29 is 35.3 Å². The summed E-state index contributed by atoms with van der Waals surface area (Å²) in [5.41, 5.74) is -0.456. The minimum absolute atomic E-state index is 0. The van der Waals surface area contributed by atoms with Gasteiger partial charge in [0.2, 0.25) is 5.91 Å². The van der Waals surface area contributed by atoms with Gasteiger partial charge in [-0.1, -0.05) is 40.5 Å². The smallest absolute Gasteiger partial charge is 0.363 e. The summed E-state index contributed by atoms with van der Waals surface area (Å²) in [4.78, 5) is 14.2. The van der Waals surface area contributed by atoms with Crippen molar-refractivity contribution in [1.29, 1.82) is 0 Å². The molecule has 1 aromatic carbocycles. The standard InChI is InChI=1S/C17H24F2NO.Ti/c1-5-7-11-20(16(21)17(3,4)10-6-2)15-9-8-13(18)12-14(15)19;/h8-9H,5-7,10-11H2,1-4H3;/q-1;+2. The molecule has 0 bridgehead atoms. The van der Waals surface area contributed by atoms with Crippen molar-refractivity contribution in [2.45, 2.75) is 53.4 Å². The Labute approximate surface area is 147 Å². The molecule has 0 aromatic heterocycles. The quantitative estimate of drug-likeness (QED) is 0.518. The van der Waals surface area contributed by atoms with Crippen LogP contribution in [0.2, 0.25) is 0 Å². The van der Waals surface area contributed by atoms with Gasteiger partial charge in [0.25, 0.3) is 0 Å². The molecule has 0 aliphatic rings. The van der Waals surface area contributed by atoms with E-state index in [0.29, 0.717) is 6.54 Å². The zero-order valence-electron chi connectivity index (χ0n) is 13.8. The molecule has 2 nitrogen and oxygen atoms in total. The van der Waals surface area contributed by atoms with E-state index in [9.17, 15) is 13.6 Å². The van der Waals surface area contributed by atoms with E-state index >= 15 is 0 Å². The van der Waals surface area contributed by atoms with Crippen molar-refractivity contribution >= 4 is 11.6 Å². The number of unbranched alkanes of at least 4 members (excludes halogenated alkanes) is 1. The van der Waals surface area contributed by atoms with Gasteiger partial charge in [0, 0.05) is 23.6 Å². The topological polar surface area (TPSA) is 20.3 Å². The van der Waals surface area contributed by atoms with Gasteiger partial charge in [-0.2, -0.15) is 0 Å². The van der Waals surface area contributed by atoms with Crippen LogP contribution in [0.3, 0.4) is 0 Å². The zero-order chi connectivity index (χ0) is 16.0. The van der Waals surface area contributed by atoms with E-state index in [1.807, 2.05) is 33.8 Å². The predicted molar refractivity (Wildman–Crippen MR) is 81.1 cm³/mol. The Morgan fingerprint density at radius 3 is 2.36 bits per heavy atom. The summed E-state index contributed by atoms with van der Waals surface area (Å²) in [6, 6.07) is 4.46. The Bertz CT molecular complexity index is 492. The first-order valence-corrected chi connectivity index (χ1v) is 7.52. The van der Waals surface area contributed by atoms with Gasteiger partial charge >= 0.3 is 21.7 Å². The van der Waals surface area contributed by atoms with E-state index in [-0.39, 0.29) is 33.3 Å². The van der Waals surface area contributed by atoms with Crippen LogP contribution in [0.5, 0.6) is 0 Å². The molecule has 0 aliphatic carbocycles. The maximum Gasteiger partial charge on any atom is 2.00 e. The summed E-state index contributed by atoms with van der Waals surface area (Å²) >= 11 is 0. The maximum absolute atomic E-state index is 14.0. The van der Waals surface area contributed by atoms with Crippen LogP contribution in [0, 0.1) is 23.1 Å². The molecule has 0 radical (unpaired) electrons. The molecule has 0 saturated carbocycles. The zero-order valence-corrected chi connectivity index (χ0v) is 15.4. The van der Waals surface area contributed by atoms with E-state index in [1.54, 1.807) is 0 Å². The van der Waals surface area contributed by atoms with Crippen molar-refractivity contribution in [3.8, 4) is 0 Å². The second-order valence-corrected chi connectivity index (χ2v) is 5.95. The minimum atomic E-state index is -0.813. The summed E-state index contributed by atoms with van der Waals surface area (Å²) in [7, 11) is 0. The minimum Gasteiger partial charge on any atom is -0.363 e. The third kappa shape index (κ3) is 5.47. The maximum atomic E-state index is 14.0. The molecule has 0 unspecified atom stereocenters. The van der Waals surface area contributed by atoms with Gasteiger partial charge in [-0.15, -0.1) is 18.2 Å². The number of carbonyl (C=O) groups is 1. The Morgan fingerprint density at radius 1 is 1.23 bits per heavy atom. The van der Waals surface area contributed by atoms with Crippen molar-refractivity contribution in [2.75, 3.05) is 11.4 Å². The predicted octanol–water partition coefficient (Wildman–Crippen LogP) is 4.72. The van der Waals surface area contributed by atoms with Crippen LogP contribution in [0.4, 0.5) is 14.5 Å². The van der Waals surface area contributed by atoms with E-state index in [2.05, 4.69) is 0 Å². The Balaban J connectivity index is 0.00000441. The number of amides is 1. The summed E-state index contributed by atoms with van der Waals surface area (Å²) < 4.78 is 27.0. The normalized spacial score (nSPS) is 11.0. The monoisotopic (exact) mass is 344 g/mol. The fourth-order valence-corrected chi connectivity index (χ4v) is 2.39. The van der Waals surface area contributed by atoms with E-state index in [4.69, 9.17) is 0 Å². The summed E-state index contributed by atoms with van der Waals surface area (Å²) in [5.74, 6) is -1.70. The van der Waals surface area contributed by atoms with Gasteiger partial charge in [0.05, 0.1) is 0 Å². The largest absolute Gasteiger partial charge is 2.00 e. The fraction of sp³-hybridized carbons (Fsp3) is 0.588. The third-order valence-corrected chi connectivity index (χ3v) is 3.57. The average Bonchev–Trinajstić information content (AvgIpc) is 2.40. The average molecular weight is 344 g/mol. The molecule has 0 spiro atoms. The third-order valence-electron chi connectivity index (χ3n) is 3.57. The molecule has 0 N–H and O–H groups in total. The van der Waals surface area contributed by atoms with E-state index in [1.165, 1.54) is 11.0 Å². The molecular weight excluding hydrogens is 320 g/mol. The molecule has 22 heavy (non-hydrogen) atoms. The van der Waals surface area contributed by atoms with Crippen molar-refractivity contribution in [3.05, 3.63) is 29.8 Å². The number of carbonyl (C=O) groups excluding carboxylic acids is 1. The number of anilines is 1. The molecule has 0 heterocycles. The number of halogens is 2. The number of nitrogens with zero attached hydrogens (tertiary/aromatic N) is 1. The second kappa shape index (κ2) is 9.41. The summed E-state index contributed by atoms with van der Waals surface area (Å²) in [6.45, 7) is 8.18. The van der Waals surface area contributed by atoms with Gasteiger partial charge in [0.1, 0.15) is 0 Å². The van der Waals surface area contributed by atoms with Crippen molar-refractivity contribution in [2.24, 2.45) is 5.41 Å². The molecule has 1 amide bonds. The van der Waals surface area contributed by atoms with Crippen molar-refractivity contribution in [3.63, 3.8) is 0 Å². The molecule has 0 aliphatic heterocycles. The Morgan fingerprint density at radius 2 is 1.86 bits per heavy atom. The number of hydrogen-bond donors (Lipinski definition) is 0. The van der Waals surface area contributed by atoms with Crippen LogP contribution in [0.25, 0.3) is 0 Å². The molecule has 1 rings (SSSR count). The van der Waals surface area contributed by atoms with Crippen molar-refractivity contribution in [1.82, 2.24) is 0 Å².